The molecule has 1 aromatic rings. The van der Waals surface area contributed by atoms with Gasteiger partial charge in [-0.05, 0) is 31.4 Å². The van der Waals surface area contributed by atoms with Gasteiger partial charge >= 0.3 is 5.97 Å². The molecule has 0 atom stereocenters. The third-order valence-corrected chi connectivity index (χ3v) is 2.56. The first-order valence-corrected chi connectivity index (χ1v) is 5.42. The Labute approximate surface area is 95.0 Å². The van der Waals surface area contributed by atoms with E-state index in [9.17, 15) is 9.59 Å². The summed E-state index contributed by atoms with van der Waals surface area (Å²) >= 11 is 0. The monoisotopic (exact) mass is 223 g/mol. The van der Waals surface area contributed by atoms with Crippen LogP contribution in [0.1, 0.15) is 52.9 Å². The number of hydrogen-bond donors (Lipinski definition) is 1. The maximum Gasteiger partial charge on any atom is 0.355 e. The largest absolute Gasteiger partial charge is 0.461 e. The lowest BCUT2D eigenvalue weighted by Gasteiger charge is -2.01. The summed E-state index contributed by atoms with van der Waals surface area (Å²) in [6, 6.07) is 0. The van der Waals surface area contributed by atoms with Gasteiger partial charge in [-0.15, -0.1) is 0 Å². The van der Waals surface area contributed by atoms with E-state index in [1.165, 1.54) is 6.92 Å². The summed E-state index contributed by atoms with van der Waals surface area (Å²) in [6.45, 7) is 7.35. The van der Waals surface area contributed by atoms with Crippen molar-refractivity contribution >= 4 is 11.8 Å². The van der Waals surface area contributed by atoms with Crippen molar-refractivity contribution in [2.45, 2.75) is 34.1 Å². The molecule has 0 fully saturated rings. The summed E-state index contributed by atoms with van der Waals surface area (Å²) in [5.74, 6) is -0.460. The van der Waals surface area contributed by atoms with E-state index in [1.807, 2.05) is 13.8 Å². The van der Waals surface area contributed by atoms with E-state index >= 15 is 0 Å². The summed E-state index contributed by atoms with van der Waals surface area (Å²) < 4.78 is 4.94. The van der Waals surface area contributed by atoms with Crippen LogP contribution in [0.5, 0.6) is 0 Å². The third-order valence-electron chi connectivity index (χ3n) is 2.56. The van der Waals surface area contributed by atoms with Crippen LogP contribution in [-0.4, -0.2) is 23.3 Å². The third kappa shape index (κ3) is 2.15. The van der Waals surface area contributed by atoms with Gasteiger partial charge in [0.05, 0.1) is 12.3 Å². The molecule has 0 aliphatic carbocycles. The van der Waals surface area contributed by atoms with E-state index in [-0.39, 0.29) is 5.78 Å². The van der Waals surface area contributed by atoms with Crippen molar-refractivity contribution in [3.8, 4) is 0 Å². The number of esters is 1. The van der Waals surface area contributed by atoms with Crippen LogP contribution >= 0.6 is 0 Å². The van der Waals surface area contributed by atoms with Gasteiger partial charge < -0.3 is 9.72 Å². The number of carbonyl (C=O) groups is 2. The molecule has 0 spiro atoms. The predicted molar refractivity (Wildman–Crippen MR) is 60.9 cm³/mol. The first-order chi connectivity index (χ1) is 7.52. The van der Waals surface area contributed by atoms with Crippen LogP contribution in [0.25, 0.3) is 0 Å². The van der Waals surface area contributed by atoms with Crippen LogP contribution in [0.3, 0.4) is 0 Å². The van der Waals surface area contributed by atoms with Crippen molar-refractivity contribution in [2.24, 2.45) is 0 Å². The Hall–Kier alpha value is -1.58. The minimum absolute atomic E-state index is 0.0669. The SMILES string of the molecule is CCOC(=O)c1[nH]c(C(C)=O)c(C)c1CC. The topological polar surface area (TPSA) is 59.2 Å². The molecule has 0 unspecified atom stereocenters. The molecule has 1 heterocycles. The van der Waals surface area contributed by atoms with Gasteiger partial charge in [-0.3, -0.25) is 4.79 Å². The Kier molecular flexibility index (Phi) is 3.88. The van der Waals surface area contributed by atoms with Gasteiger partial charge in [0.25, 0.3) is 0 Å². The number of rotatable bonds is 4. The lowest BCUT2D eigenvalue weighted by molar-refractivity contribution is 0.0519. The molecular weight excluding hydrogens is 206 g/mol. The maximum absolute atomic E-state index is 11.6. The van der Waals surface area contributed by atoms with Gasteiger partial charge in [0.1, 0.15) is 5.69 Å². The number of aromatic nitrogens is 1. The highest BCUT2D eigenvalue weighted by molar-refractivity contribution is 5.98. The highest BCUT2D eigenvalue weighted by atomic mass is 16.5. The van der Waals surface area contributed by atoms with Crippen LogP contribution in [0.15, 0.2) is 0 Å². The highest BCUT2D eigenvalue weighted by Gasteiger charge is 2.20. The molecule has 16 heavy (non-hydrogen) atoms. The lowest BCUT2D eigenvalue weighted by atomic mass is 10.1. The van der Waals surface area contributed by atoms with Crippen molar-refractivity contribution in [3.05, 3.63) is 22.5 Å². The quantitative estimate of drug-likeness (QED) is 0.629. The van der Waals surface area contributed by atoms with Crippen molar-refractivity contribution in [3.63, 3.8) is 0 Å². The van der Waals surface area contributed by atoms with Gasteiger partial charge in [-0.2, -0.15) is 0 Å². The van der Waals surface area contributed by atoms with E-state index in [4.69, 9.17) is 4.74 Å². The van der Waals surface area contributed by atoms with Crippen LogP contribution in [0.2, 0.25) is 0 Å². The molecule has 1 rings (SSSR count). The van der Waals surface area contributed by atoms with Crippen molar-refractivity contribution in [1.82, 2.24) is 4.98 Å². The Morgan fingerprint density at radius 3 is 2.31 bits per heavy atom. The zero-order valence-corrected chi connectivity index (χ0v) is 10.1. The Morgan fingerprint density at radius 1 is 1.25 bits per heavy atom. The number of hydrogen-bond acceptors (Lipinski definition) is 3. The number of H-pyrrole nitrogens is 1. The molecule has 88 valence electrons. The van der Waals surface area contributed by atoms with Gasteiger partial charge in [-0.1, -0.05) is 6.92 Å². The molecule has 1 aromatic heterocycles. The van der Waals surface area contributed by atoms with Crippen molar-refractivity contribution in [1.29, 1.82) is 0 Å². The second-order valence-corrected chi connectivity index (χ2v) is 3.61. The first-order valence-electron chi connectivity index (χ1n) is 5.42. The Bertz CT molecular complexity index is 418. The van der Waals surface area contributed by atoms with Crippen LogP contribution in [0, 0.1) is 6.92 Å². The number of nitrogens with one attached hydrogen (secondary N) is 1. The minimum Gasteiger partial charge on any atom is -0.461 e. The van der Waals surface area contributed by atoms with Crippen LogP contribution in [-0.2, 0) is 11.2 Å². The highest BCUT2D eigenvalue weighted by Crippen LogP contribution is 2.20. The average molecular weight is 223 g/mol. The van der Waals surface area contributed by atoms with Gasteiger partial charge in [0.15, 0.2) is 5.78 Å². The van der Waals surface area contributed by atoms with Gasteiger partial charge in [0.2, 0.25) is 0 Å². The normalized spacial score (nSPS) is 10.2. The number of Topliss-reactive ketones (excluding diaryl/α,β-unsaturated/α-hetero) is 1. The predicted octanol–water partition coefficient (Wildman–Crippen LogP) is 2.26. The van der Waals surface area contributed by atoms with E-state index in [1.54, 1.807) is 6.92 Å². The molecule has 0 amide bonds. The second-order valence-electron chi connectivity index (χ2n) is 3.61. The number of carbonyl (C=O) groups excluding carboxylic acids is 2. The molecule has 0 radical (unpaired) electrons. The summed E-state index contributed by atoms with van der Waals surface area (Å²) in [5.41, 5.74) is 2.62. The molecule has 0 aliphatic rings. The first kappa shape index (κ1) is 12.5. The average Bonchev–Trinajstić information content (AvgIpc) is 2.55. The van der Waals surface area contributed by atoms with Crippen LogP contribution < -0.4 is 0 Å². The summed E-state index contributed by atoms with van der Waals surface area (Å²) in [7, 11) is 0. The lowest BCUT2D eigenvalue weighted by Crippen LogP contribution is -2.08. The maximum atomic E-state index is 11.6. The molecule has 0 saturated heterocycles. The zero-order chi connectivity index (χ0) is 12.3. The molecule has 1 N–H and O–H groups in total. The molecule has 0 bridgehead atoms. The van der Waals surface area contributed by atoms with Gasteiger partial charge in [0, 0.05) is 6.92 Å². The standard InChI is InChI=1S/C12H17NO3/c1-5-9-7(3)10(8(4)14)13-11(9)12(15)16-6-2/h13H,5-6H2,1-4H3. The smallest absolute Gasteiger partial charge is 0.355 e. The second kappa shape index (κ2) is 4.96. The van der Waals surface area contributed by atoms with Crippen LogP contribution in [0.4, 0.5) is 0 Å². The molecule has 0 aromatic carbocycles. The molecular formula is C12H17NO3. The van der Waals surface area contributed by atoms with E-state index in [0.717, 1.165) is 11.1 Å². The number of ketones is 1. The molecule has 0 aliphatic heterocycles. The summed E-state index contributed by atoms with van der Waals surface area (Å²) in [5, 5.41) is 0. The van der Waals surface area contributed by atoms with Crippen molar-refractivity contribution < 1.29 is 14.3 Å². The van der Waals surface area contributed by atoms with E-state index in [0.29, 0.717) is 24.4 Å². The fourth-order valence-corrected chi connectivity index (χ4v) is 1.80. The van der Waals surface area contributed by atoms with Gasteiger partial charge in [-0.25, -0.2) is 4.79 Å². The number of ether oxygens (including phenoxy) is 1. The fraction of sp³-hybridized carbons (Fsp3) is 0.500. The fourth-order valence-electron chi connectivity index (χ4n) is 1.80. The molecule has 0 saturated carbocycles. The Morgan fingerprint density at radius 2 is 1.88 bits per heavy atom. The van der Waals surface area contributed by atoms with E-state index in [2.05, 4.69) is 4.98 Å². The molecule has 4 nitrogen and oxygen atoms in total. The van der Waals surface area contributed by atoms with E-state index < -0.39 is 5.97 Å². The molecule has 4 heteroatoms. The summed E-state index contributed by atoms with van der Waals surface area (Å²) in [6.07, 6.45) is 0.698. The zero-order valence-electron chi connectivity index (χ0n) is 10.1. The minimum atomic E-state index is -0.394. The Balaban J connectivity index is 3.23. The summed E-state index contributed by atoms with van der Waals surface area (Å²) in [4.78, 5) is 25.9. The van der Waals surface area contributed by atoms with Crippen molar-refractivity contribution in [2.75, 3.05) is 6.61 Å². The number of aromatic amines is 1.